The Hall–Kier alpha value is -0.960. The van der Waals surface area contributed by atoms with Crippen LogP contribution in [0, 0.1) is 19.8 Å². The molecule has 29 heavy (non-hydrogen) atoms. The van der Waals surface area contributed by atoms with Crippen LogP contribution >= 0.6 is 11.3 Å². The summed E-state index contributed by atoms with van der Waals surface area (Å²) in [6.07, 6.45) is 2.47. The standard InChI is InChI=1S/C21H34N2O4S2/c1-14(2)21(19-10-15(3)28-16(19)4)22-11-20(24)23(12-18-6-5-8-27-18)17-7-9-29(25,26)13-17/h10,14,17-18,21-22H,5-9,11-13H2,1-4H3/t17-,18+,21+/m0/s1. The third-order valence-corrected chi connectivity index (χ3v) is 8.68. The second-order valence-electron chi connectivity index (χ2n) is 8.71. The number of amides is 1. The molecule has 1 aromatic heterocycles. The fourth-order valence-electron chi connectivity index (χ4n) is 4.45. The number of rotatable bonds is 8. The largest absolute Gasteiger partial charge is 0.376 e. The van der Waals surface area contributed by atoms with E-state index in [1.165, 1.54) is 15.3 Å². The van der Waals surface area contributed by atoms with E-state index in [0.717, 1.165) is 19.4 Å². The van der Waals surface area contributed by atoms with Gasteiger partial charge in [0.15, 0.2) is 9.84 Å². The maximum atomic E-state index is 13.2. The summed E-state index contributed by atoms with van der Waals surface area (Å²) < 4.78 is 29.7. The first kappa shape index (κ1) is 22.7. The van der Waals surface area contributed by atoms with Crippen LogP contribution in [0.3, 0.4) is 0 Å². The Morgan fingerprint density at radius 2 is 2.10 bits per heavy atom. The van der Waals surface area contributed by atoms with Gasteiger partial charge in [0.25, 0.3) is 0 Å². The summed E-state index contributed by atoms with van der Waals surface area (Å²) in [4.78, 5) is 17.5. The molecule has 2 aliphatic rings. The lowest BCUT2D eigenvalue weighted by Crippen LogP contribution is -2.49. The predicted octanol–water partition coefficient (Wildman–Crippen LogP) is 2.85. The zero-order valence-electron chi connectivity index (χ0n) is 17.9. The van der Waals surface area contributed by atoms with Gasteiger partial charge in [0.05, 0.1) is 24.2 Å². The number of ether oxygens (including phenoxy) is 1. The van der Waals surface area contributed by atoms with Crippen LogP contribution in [0.15, 0.2) is 6.07 Å². The number of nitrogens with one attached hydrogen (secondary N) is 1. The van der Waals surface area contributed by atoms with Gasteiger partial charge in [-0.3, -0.25) is 4.79 Å². The summed E-state index contributed by atoms with van der Waals surface area (Å²) in [5.74, 6) is 0.552. The predicted molar refractivity (Wildman–Crippen MR) is 117 cm³/mol. The second kappa shape index (κ2) is 9.45. The monoisotopic (exact) mass is 442 g/mol. The average molecular weight is 443 g/mol. The van der Waals surface area contributed by atoms with E-state index in [9.17, 15) is 13.2 Å². The Labute approximate surface area is 178 Å². The molecule has 3 heterocycles. The van der Waals surface area contributed by atoms with E-state index in [0.29, 0.717) is 18.9 Å². The molecular weight excluding hydrogens is 408 g/mol. The van der Waals surface area contributed by atoms with Crippen molar-refractivity contribution in [2.45, 2.75) is 65.1 Å². The molecule has 3 atom stereocenters. The number of hydrogen-bond donors (Lipinski definition) is 1. The zero-order chi connectivity index (χ0) is 21.2. The molecule has 0 aliphatic carbocycles. The topological polar surface area (TPSA) is 75.7 Å². The SMILES string of the molecule is Cc1cc([C@H](NCC(=O)N(C[C@H]2CCCO2)[C@H]2CCS(=O)(=O)C2)C(C)C)c(C)s1. The van der Waals surface area contributed by atoms with Crippen molar-refractivity contribution in [3.8, 4) is 0 Å². The Bertz CT molecular complexity index is 813. The van der Waals surface area contributed by atoms with Crippen LogP contribution in [0.4, 0.5) is 0 Å². The van der Waals surface area contributed by atoms with Crippen molar-refractivity contribution in [1.29, 1.82) is 0 Å². The summed E-state index contributed by atoms with van der Waals surface area (Å²) in [5, 5.41) is 3.46. The van der Waals surface area contributed by atoms with Crippen molar-refractivity contribution in [3.05, 3.63) is 21.4 Å². The molecule has 0 bridgehead atoms. The Morgan fingerprint density at radius 3 is 2.62 bits per heavy atom. The summed E-state index contributed by atoms with van der Waals surface area (Å²) >= 11 is 1.78. The van der Waals surface area contributed by atoms with Crippen molar-refractivity contribution < 1.29 is 17.9 Å². The number of hydrogen-bond acceptors (Lipinski definition) is 6. The van der Waals surface area contributed by atoms with Crippen LogP contribution in [0.25, 0.3) is 0 Å². The summed E-state index contributed by atoms with van der Waals surface area (Å²) in [6, 6.07) is 2.07. The van der Waals surface area contributed by atoms with E-state index in [1.807, 2.05) is 0 Å². The molecule has 2 fully saturated rings. The minimum absolute atomic E-state index is 0.0184. The van der Waals surface area contributed by atoms with Gasteiger partial charge in [0.2, 0.25) is 5.91 Å². The molecule has 0 radical (unpaired) electrons. The first-order chi connectivity index (χ1) is 13.7. The van der Waals surface area contributed by atoms with Gasteiger partial charge in [-0.1, -0.05) is 13.8 Å². The smallest absolute Gasteiger partial charge is 0.236 e. The van der Waals surface area contributed by atoms with Gasteiger partial charge in [-0.15, -0.1) is 11.3 Å². The molecule has 6 nitrogen and oxygen atoms in total. The Kier molecular flexibility index (Phi) is 7.41. The molecule has 0 aromatic carbocycles. The normalized spacial score (nSPS) is 24.9. The van der Waals surface area contributed by atoms with Crippen LogP contribution in [0.5, 0.6) is 0 Å². The quantitative estimate of drug-likeness (QED) is 0.670. The molecule has 0 unspecified atom stereocenters. The number of nitrogens with zero attached hydrogens (tertiary/aromatic N) is 1. The third kappa shape index (κ3) is 5.81. The van der Waals surface area contributed by atoms with E-state index in [-0.39, 0.29) is 42.1 Å². The van der Waals surface area contributed by atoms with Crippen LogP contribution in [0.1, 0.15) is 54.5 Å². The fraction of sp³-hybridized carbons (Fsp3) is 0.762. The minimum atomic E-state index is -3.05. The highest BCUT2D eigenvalue weighted by Gasteiger charge is 2.36. The Balaban J connectivity index is 1.70. The number of carbonyl (C=O) groups is 1. The van der Waals surface area contributed by atoms with E-state index < -0.39 is 9.84 Å². The van der Waals surface area contributed by atoms with E-state index in [4.69, 9.17) is 4.74 Å². The molecule has 0 spiro atoms. The van der Waals surface area contributed by atoms with Crippen molar-refractivity contribution in [3.63, 3.8) is 0 Å². The number of sulfone groups is 1. The van der Waals surface area contributed by atoms with Gasteiger partial charge >= 0.3 is 0 Å². The molecule has 3 rings (SSSR count). The lowest BCUT2D eigenvalue weighted by Gasteiger charge is -2.32. The molecule has 1 N–H and O–H groups in total. The average Bonchev–Trinajstić information content (AvgIpc) is 3.34. The van der Waals surface area contributed by atoms with Crippen LogP contribution < -0.4 is 5.32 Å². The maximum absolute atomic E-state index is 13.2. The summed E-state index contributed by atoms with van der Waals surface area (Å²) in [5.41, 5.74) is 1.25. The highest BCUT2D eigenvalue weighted by atomic mass is 32.2. The highest BCUT2D eigenvalue weighted by molar-refractivity contribution is 7.91. The summed E-state index contributed by atoms with van der Waals surface area (Å²) in [7, 11) is -3.05. The van der Waals surface area contributed by atoms with Crippen LogP contribution in [0.2, 0.25) is 0 Å². The summed E-state index contributed by atoms with van der Waals surface area (Å²) in [6.45, 7) is 9.96. The first-order valence-corrected chi connectivity index (χ1v) is 13.2. The number of thiophene rings is 1. The van der Waals surface area contributed by atoms with E-state index >= 15 is 0 Å². The second-order valence-corrected chi connectivity index (χ2v) is 12.4. The fourth-order valence-corrected chi connectivity index (χ4v) is 7.15. The van der Waals surface area contributed by atoms with Gasteiger partial charge < -0.3 is 15.0 Å². The van der Waals surface area contributed by atoms with E-state index in [2.05, 4.69) is 39.1 Å². The molecule has 8 heteroatoms. The molecule has 164 valence electrons. The van der Waals surface area contributed by atoms with Gasteiger partial charge in [-0.25, -0.2) is 8.42 Å². The lowest BCUT2D eigenvalue weighted by atomic mass is 9.96. The van der Waals surface area contributed by atoms with Crippen molar-refractivity contribution in [2.24, 2.45) is 5.92 Å². The third-order valence-electron chi connectivity index (χ3n) is 5.95. The molecule has 2 saturated heterocycles. The van der Waals surface area contributed by atoms with Gasteiger partial charge in [-0.2, -0.15) is 0 Å². The van der Waals surface area contributed by atoms with Gasteiger partial charge in [0.1, 0.15) is 0 Å². The minimum Gasteiger partial charge on any atom is -0.376 e. The van der Waals surface area contributed by atoms with Gasteiger partial charge in [-0.05, 0) is 50.7 Å². The molecule has 1 aromatic rings. The zero-order valence-corrected chi connectivity index (χ0v) is 19.6. The van der Waals surface area contributed by atoms with Crippen molar-refractivity contribution in [1.82, 2.24) is 10.2 Å². The Morgan fingerprint density at radius 1 is 1.34 bits per heavy atom. The first-order valence-electron chi connectivity index (χ1n) is 10.6. The van der Waals surface area contributed by atoms with Crippen molar-refractivity contribution >= 4 is 27.1 Å². The maximum Gasteiger partial charge on any atom is 0.236 e. The van der Waals surface area contributed by atoms with Crippen molar-refractivity contribution in [2.75, 3.05) is 31.2 Å². The van der Waals surface area contributed by atoms with Crippen LogP contribution in [-0.4, -0.2) is 62.6 Å². The number of carbonyl (C=O) groups excluding carboxylic acids is 1. The highest BCUT2D eigenvalue weighted by Crippen LogP contribution is 2.30. The molecule has 0 saturated carbocycles. The number of aryl methyl sites for hydroxylation is 2. The molecular formula is C21H34N2O4S2. The van der Waals surface area contributed by atoms with Gasteiger partial charge in [0, 0.05) is 35.0 Å². The molecule has 1 amide bonds. The lowest BCUT2D eigenvalue weighted by molar-refractivity contribution is -0.134. The van der Waals surface area contributed by atoms with E-state index in [1.54, 1.807) is 16.2 Å². The van der Waals surface area contributed by atoms with Crippen LogP contribution in [-0.2, 0) is 19.4 Å². The molecule has 2 aliphatic heterocycles.